The molecule has 0 saturated carbocycles. The summed E-state index contributed by atoms with van der Waals surface area (Å²) >= 11 is 7.15. The summed E-state index contributed by atoms with van der Waals surface area (Å²) in [5.74, 6) is -0.662. The predicted octanol–water partition coefficient (Wildman–Crippen LogP) is 3.69. The third-order valence-electron chi connectivity index (χ3n) is 2.88. The number of hydrogen-bond acceptors (Lipinski definition) is 5. The Kier molecular flexibility index (Phi) is 5.12. The highest BCUT2D eigenvalue weighted by Crippen LogP contribution is 2.26. The van der Waals surface area contributed by atoms with E-state index in [-0.39, 0.29) is 5.57 Å². The molecule has 2 rings (SSSR count). The molecule has 0 fully saturated rings. The van der Waals surface area contributed by atoms with E-state index in [0.717, 1.165) is 5.56 Å². The van der Waals surface area contributed by atoms with Crippen molar-refractivity contribution in [1.82, 2.24) is 4.98 Å². The second-order valence-corrected chi connectivity index (χ2v) is 5.76. The Hall–Kier alpha value is -1.69. The van der Waals surface area contributed by atoms with Gasteiger partial charge < -0.3 is 9.84 Å². The van der Waals surface area contributed by atoms with E-state index >= 15 is 0 Å². The molecule has 0 spiro atoms. The molecule has 2 unspecified atom stereocenters. The van der Waals surface area contributed by atoms with Crippen LogP contribution in [0, 0.1) is 0 Å². The number of nitrogens with zero attached hydrogens (tertiary/aromatic N) is 1. The van der Waals surface area contributed by atoms with Crippen molar-refractivity contribution in [3.05, 3.63) is 63.6 Å². The van der Waals surface area contributed by atoms with Gasteiger partial charge >= 0.3 is 5.97 Å². The second-order valence-electron chi connectivity index (χ2n) is 4.40. The Morgan fingerprint density at radius 3 is 2.90 bits per heavy atom. The summed E-state index contributed by atoms with van der Waals surface area (Å²) in [4.78, 5) is 16.0. The number of rotatable bonds is 5. The van der Waals surface area contributed by atoms with Gasteiger partial charge in [-0.2, -0.15) is 0 Å². The number of hydrogen-bond donors (Lipinski definition) is 1. The minimum absolute atomic E-state index is 0.0428. The fourth-order valence-corrected chi connectivity index (χ4v) is 2.55. The first-order chi connectivity index (χ1) is 9.99. The number of carbonyl (C=O) groups excluding carboxylic acids is 1. The van der Waals surface area contributed by atoms with Gasteiger partial charge in [0, 0.05) is 16.6 Å². The number of carbonyl (C=O) groups is 1. The van der Waals surface area contributed by atoms with E-state index in [2.05, 4.69) is 11.6 Å². The lowest BCUT2D eigenvalue weighted by Crippen LogP contribution is -2.15. The van der Waals surface area contributed by atoms with Crippen LogP contribution >= 0.6 is 22.9 Å². The normalized spacial score (nSPS) is 13.5. The lowest BCUT2D eigenvalue weighted by Gasteiger charge is -2.16. The van der Waals surface area contributed by atoms with Crippen LogP contribution in [0.25, 0.3) is 0 Å². The highest BCUT2D eigenvalue weighted by Gasteiger charge is 2.23. The first-order valence-corrected chi connectivity index (χ1v) is 7.47. The SMILES string of the molecule is C=C(C(=O)OC(C)c1cccc(Cl)c1)C(O)c1nccs1. The van der Waals surface area contributed by atoms with Crippen molar-refractivity contribution in [3.63, 3.8) is 0 Å². The molecule has 1 N–H and O–H groups in total. The number of thiazole rings is 1. The van der Waals surface area contributed by atoms with Gasteiger partial charge in [0.05, 0.1) is 5.57 Å². The zero-order valence-corrected chi connectivity index (χ0v) is 12.9. The van der Waals surface area contributed by atoms with Crippen LogP contribution in [0.1, 0.15) is 29.7 Å². The van der Waals surface area contributed by atoms with Crippen LogP contribution < -0.4 is 0 Å². The Balaban J connectivity index is 2.02. The van der Waals surface area contributed by atoms with Crippen LogP contribution in [0.5, 0.6) is 0 Å². The molecule has 2 aromatic rings. The first kappa shape index (κ1) is 15.7. The van der Waals surface area contributed by atoms with Crippen LogP contribution in [-0.4, -0.2) is 16.1 Å². The molecule has 0 aliphatic rings. The number of esters is 1. The van der Waals surface area contributed by atoms with E-state index in [1.165, 1.54) is 11.3 Å². The molecule has 1 aromatic heterocycles. The molecule has 0 radical (unpaired) electrons. The number of halogens is 1. The standard InChI is InChI=1S/C15H14ClNO3S/c1-9(13(18)14-17-6-7-21-14)15(19)20-10(2)11-4-3-5-12(16)8-11/h3-8,10,13,18H,1H2,2H3. The van der Waals surface area contributed by atoms with Crippen molar-refractivity contribution in [2.24, 2.45) is 0 Å². The molecule has 21 heavy (non-hydrogen) atoms. The Labute approximate surface area is 131 Å². The molecule has 1 aromatic carbocycles. The van der Waals surface area contributed by atoms with E-state index in [0.29, 0.717) is 10.0 Å². The Bertz CT molecular complexity index is 642. The predicted molar refractivity (Wildman–Crippen MR) is 82.2 cm³/mol. The van der Waals surface area contributed by atoms with Crippen molar-refractivity contribution in [1.29, 1.82) is 0 Å². The van der Waals surface area contributed by atoms with Crippen LogP contribution in [0.3, 0.4) is 0 Å². The molecule has 4 nitrogen and oxygen atoms in total. The summed E-state index contributed by atoms with van der Waals surface area (Å²) < 4.78 is 5.29. The van der Waals surface area contributed by atoms with Crippen LogP contribution in [0.15, 0.2) is 48.0 Å². The van der Waals surface area contributed by atoms with Gasteiger partial charge in [-0.15, -0.1) is 11.3 Å². The maximum absolute atomic E-state index is 12.0. The number of ether oxygens (including phenoxy) is 1. The molecule has 1 heterocycles. The summed E-state index contributed by atoms with van der Waals surface area (Å²) in [5, 5.41) is 12.7. The second kappa shape index (κ2) is 6.85. The summed E-state index contributed by atoms with van der Waals surface area (Å²) in [7, 11) is 0. The highest BCUT2D eigenvalue weighted by molar-refractivity contribution is 7.09. The van der Waals surface area contributed by atoms with Crippen molar-refractivity contribution in [3.8, 4) is 0 Å². The first-order valence-electron chi connectivity index (χ1n) is 6.21. The molecule has 6 heteroatoms. The molecule has 0 amide bonds. The smallest absolute Gasteiger partial charge is 0.337 e. The van der Waals surface area contributed by atoms with E-state index in [1.807, 2.05) is 6.07 Å². The van der Waals surface area contributed by atoms with Gasteiger partial charge in [-0.25, -0.2) is 9.78 Å². The number of aliphatic hydroxyl groups excluding tert-OH is 1. The van der Waals surface area contributed by atoms with Gasteiger partial charge in [0.15, 0.2) is 0 Å². The van der Waals surface area contributed by atoms with E-state index in [1.54, 1.807) is 36.7 Å². The van der Waals surface area contributed by atoms with Crippen LogP contribution in [0.2, 0.25) is 5.02 Å². The molecular weight excluding hydrogens is 310 g/mol. The fraction of sp³-hybridized carbons (Fsp3) is 0.200. The van der Waals surface area contributed by atoms with Gasteiger partial charge in [-0.3, -0.25) is 0 Å². The Morgan fingerprint density at radius 1 is 1.52 bits per heavy atom. The third kappa shape index (κ3) is 3.91. The molecule has 0 bridgehead atoms. The highest BCUT2D eigenvalue weighted by atomic mass is 35.5. The summed E-state index contributed by atoms with van der Waals surface area (Å²) in [5.41, 5.74) is 0.728. The van der Waals surface area contributed by atoms with Gasteiger partial charge in [0.25, 0.3) is 0 Å². The van der Waals surface area contributed by atoms with E-state index in [4.69, 9.17) is 16.3 Å². The van der Waals surface area contributed by atoms with Crippen molar-refractivity contribution in [2.45, 2.75) is 19.1 Å². The number of aromatic nitrogens is 1. The minimum Gasteiger partial charge on any atom is -0.454 e. The molecular formula is C15H14ClNO3S. The number of aliphatic hydroxyl groups is 1. The summed E-state index contributed by atoms with van der Waals surface area (Å²) in [6.07, 6.45) is -0.0864. The number of benzene rings is 1. The monoisotopic (exact) mass is 323 g/mol. The van der Waals surface area contributed by atoms with Gasteiger partial charge in [-0.05, 0) is 24.6 Å². The lowest BCUT2D eigenvalue weighted by molar-refractivity contribution is -0.145. The molecule has 110 valence electrons. The van der Waals surface area contributed by atoms with Crippen LogP contribution in [-0.2, 0) is 9.53 Å². The average molecular weight is 324 g/mol. The zero-order valence-electron chi connectivity index (χ0n) is 11.3. The van der Waals surface area contributed by atoms with Gasteiger partial charge in [0.2, 0.25) is 0 Å². The Morgan fingerprint density at radius 2 is 2.29 bits per heavy atom. The lowest BCUT2D eigenvalue weighted by atomic mass is 10.1. The van der Waals surface area contributed by atoms with E-state index < -0.39 is 18.2 Å². The van der Waals surface area contributed by atoms with Gasteiger partial charge in [0.1, 0.15) is 17.2 Å². The fourth-order valence-electron chi connectivity index (χ4n) is 1.69. The topological polar surface area (TPSA) is 59.4 Å². The molecule has 0 aliphatic heterocycles. The maximum atomic E-state index is 12.0. The third-order valence-corrected chi connectivity index (χ3v) is 3.94. The van der Waals surface area contributed by atoms with Crippen molar-refractivity contribution >= 4 is 28.9 Å². The summed E-state index contributed by atoms with van der Waals surface area (Å²) in [6, 6.07) is 7.05. The van der Waals surface area contributed by atoms with Crippen molar-refractivity contribution < 1.29 is 14.6 Å². The quantitative estimate of drug-likeness (QED) is 0.673. The molecule has 0 aliphatic carbocycles. The largest absolute Gasteiger partial charge is 0.454 e. The molecule has 2 atom stereocenters. The summed E-state index contributed by atoms with van der Waals surface area (Å²) in [6.45, 7) is 5.32. The van der Waals surface area contributed by atoms with E-state index in [9.17, 15) is 9.90 Å². The van der Waals surface area contributed by atoms with Crippen molar-refractivity contribution in [2.75, 3.05) is 0 Å². The average Bonchev–Trinajstić information content (AvgIpc) is 2.99. The van der Waals surface area contributed by atoms with Crippen LogP contribution in [0.4, 0.5) is 0 Å². The maximum Gasteiger partial charge on any atom is 0.337 e. The van der Waals surface area contributed by atoms with Gasteiger partial charge in [-0.1, -0.05) is 30.3 Å². The zero-order chi connectivity index (χ0) is 15.4. The minimum atomic E-state index is -1.15. The molecule has 0 saturated heterocycles.